The van der Waals surface area contributed by atoms with Gasteiger partial charge in [0.1, 0.15) is 5.84 Å². The minimum absolute atomic E-state index is 0.137. The molecule has 0 radical (unpaired) electrons. The number of carbonyl (C=O) groups excluding carboxylic acids is 1. The standard InChI is InChI=1S/C20H22N2O2/c23-19(12-11-16-7-2-1-3-8-16)24-14-6-13-21-20-18-10-5-4-9-17(18)15-22-20/h1-5,7-10H,6,11-15H2,(H,21,22). The third-order valence-corrected chi connectivity index (χ3v) is 4.02. The summed E-state index contributed by atoms with van der Waals surface area (Å²) in [5, 5.41) is 3.33. The minimum atomic E-state index is -0.137. The first kappa shape index (κ1) is 16.2. The Morgan fingerprint density at radius 2 is 1.88 bits per heavy atom. The maximum atomic E-state index is 11.7. The predicted molar refractivity (Wildman–Crippen MR) is 95.0 cm³/mol. The third kappa shape index (κ3) is 4.44. The molecule has 1 aliphatic rings. The van der Waals surface area contributed by atoms with Crippen molar-refractivity contribution in [2.24, 2.45) is 4.99 Å². The summed E-state index contributed by atoms with van der Waals surface area (Å²) in [6, 6.07) is 18.2. The number of esters is 1. The molecule has 0 fully saturated rings. The number of rotatable bonds is 7. The van der Waals surface area contributed by atoms with Crippen molar-refractivity contribution >= 4 is 11.8 Å². The molecule has 2 aromatic rings. The molecule has 0 aliphatic carbocycles. The van der Waals surface area contributed by atoms with E-state index in [-0.39, 0.29) is 5.97 Å². The molecule has 24 heavy (non-hydrogen) atoms. The molecular formula is C20H22N2O2. The van der Waals surface area contributed by atoms with Gasteiger partial charge in [0.2, 0.25) is 0 Å². The van der Waals surface area contributed by atoms with E-state index in [4.69, 9.17) is 4.74 Å². The third-order valence-electron chi connectivity index (χ3n) is 4.02. The first-order valence-corrected chi connectivity index (χ1v) is 8.39. The summed E-state index contributed by atoms with van der Waals surface area (Å²) in [5.74, 6) is 0.809. The van der Waals surface area contributed by atoms with Crippen LogP contribution in [0.2, 0.25) is 0 Å². The van der Waals surface area contributed by atoms with E-state index < -0.39 is 0 Å². The smallest absolute Gasteiger partial charge is 0.306 e. The van der Waals surface area contributed by atoms with Gasteiger partial charge in [0, 0.05) is 18.5 Å². The summed E-state index contributed by atoms with van der Waals surface area (Å²) in [6.45, 7) is 1.93. The maximum absolute atomic E-state index is 11.7. The lowest BCUT2D eigenvalue weighted by atomic mass is 10.1. The van der Waals surface area contributed by atoms with Crippen molar-refractivity contribution in [1.82, 2.24) is 5.32 Å². The highest BCUT2D eigenvalue weighted by Gasteiger charge is 2.13. The van der Waals surface area contributed by atoms with Crippen molar-refractivity contribution in [2.75, 3.05) is 13.2 Å². The van der Waals surface area contributed by atoms with Crippen molar-refractivity contribution in [2.45, 2.75) is 25.8 Å². The Labute approximate surface area is 142 Å². The highest BCUT2D eigenvalue weighted by molar-refractivity contribution is 6.01. The Morgan fingerprint density at radius 1 is 1.08 bits per heavy atom. The fourth-order valence-electron chi connectivity index (χ4n) is 2.72. The van der Waals surface area contributed by atoms with Gasteiger partial charge in [-0.05, 0) is 24.0 Å². The molecule has 124 valence electrons. The molecule has 4 heteroatoms. The van der Waals surface area contributed by atoms with Crippen LogP contribution >= 0.6 is 0 Å². The highest BCUT2D eigenvalue weighted by Crippen LogP contribution is 2.16. The lowest BCUT2D eigenvalue weighted by molar-refractivity contribution is -0.143. The van der Waals surface area contributed by atoms with Crippen LogP contribution in [-0.2, 0) is 22.5 Å². The van der Waals surface area contributed by atoms with Crippen molar-refractivity contribution in [3.63, 3.8) is 0 Å². The molecule has 0 spiro atoms. The topological polar surface area (TPSA) is 50.7 Å². The van der Waals surface area contributed by atoms with Gasteiger partial charge in [-0.25, -0.2) is 0 Å². The quantitative estimate of drug-likeness (QED) is 0.629. The molecule has 0 bridgehead atoms. The van der Waals surface area contributed by atoms with E-state index in [1.54, 1.807) is 0 Å². The van der Waals surface area contributed by atoms with E-state index in [1.807, 2.05) is 42.5 Å². The molecule has 4 nitrogen and oxygen atoms in total. The number of ether oxygens (including phenoxy) is 1. The molecule has 0 unspecified atom stereocenters. The summed E-state index contributed by atoms with van der Waals surface area (Å²) >= 11 is 0. The van der Waals surface area contributed by atoms with Crippen molar-refractivity contribution in [3.05, 3.63) is 71.3 Å². The summed E-state index contributed by atoms with van der Waals surface area (Å²) in [7, 11) is 0. The number of aryl methyl sites for hydroxylation is 1. The number of hydrogen-bond acceptors (Lipinski definition) is 4. The number of carbonyl (C=O) groups is 1. The van der Waals surface area contributed by atoms with Crippen LogP contribution < -0.4 is 5.32 Å². The number of nitrogens with zero attached hydrogens (tertiary/aromatic N) is 1. The van der Waals surface area contributed by atoms with E-state index in [1.165, 1.54) is 11.1 Å². The first-order valence-electron chi connectivity index (χ1n) is 8.39. The molecule has 2 aromatic carbocycles. The van der Waals surface area contributed by atoms with Crippen LogP contribution in [0.15, 0.2) is 59.6 Å². The zero-order valence-corrected chi connectivity index (χ0v) is 13.7. The average molecular weight is 322 g/mol. The van der Waals surface area contributed by atoms with Crippen molar-refractivity contribution in [1.29, 1.82) is 0 Å². The summed E-state index contributed by atoms with van der Waals surface area (Å²) in [4.78, 5) is 16.2. The molecule has 1 heterocycles. The number of fused-ring (bicyclic) bond motifs is 1. The van der Waals surface area contributed by atoms with Gasteiger partial charge in [-0.3, -0.25) is 9.79 Å². The average Bonchev–Trinajstić information content (AvgIpc) is 3.04. The lowest BCUT2D eigenvalue weighted by Crippen LogP contribution is -2.25. The highest BCUT2D eigenvalue weighted by atomic mass is 16.5. The second kappa shape index (κ2) is 8.29. The van der Waals surface area contributed by atoms with Crippen molar-refractivity contribution < 1.29 is 9.53 Å². The minimum Gasteiger partial charge on any atom is -0.466 e. The van der Waals surface area contributed by atoms with Gasteiger partial charge in [-0.1, -0.05) is 54.6 Å². The van der Waals surface area contributed by atoms with Gasteiger partial charge in [0.05, 0.1) is 13.2 Å². The molecule has 0 saturated carbocycles. The zero-order valence-electron chi connectivity index (χ0n) is 13.7. The van der Waals surface area contributed by atoms with Gasteiger partial charge in [0.25, 0.3) is 0 Å². The Bertz CT molecular complexity index is 711. The van der Waals surface area contributed by atoms with Crippen LogP contribution in [-0.4, -0.2) is 25.0 Å². The molecule has 1 aliphatic heterocycles. The Hall–Kier alpha value is -2.62. The molecule has 0 amide bonds. The summed E-state index contributed by atoms with van der Waals surface area (Å²) < 4.78 is 5.28. The normalized spacial score (nSPS) is 12.4. The van der Waals surface area contributed by atoms with E-state index in [9.17, 15) is 4.79 Å². The number of hydrogen-bond donors (Lipinski definition) is 1. The van der Waals surface area contributed by atoms with Crippen LogP contribution in [0, 0.1) is 0 Å². The number of aliphatic imine (C=N–C) groups is 1. The van der Waals surface area contributed by atoms with Crippen LogP contribution in [0.4, 0.5) is 0 Å². The van der Waals surface area contributed by atoms with Crippen LogP contribution in [0.25, 0.3) is 0 Å². The Balaban J connectivity index is 1.30. The lowest BCUT2D eigenvalue weighted by Gasteiger charge is -2.08. The van der Waals surface area contributed by atoms with Gasteiger partial charge in [0.15, 0.2) is 0 Å². The fraction of sp³-hybridized carbons (Fsp3) is 0.300. The summed E-state index contributed by atoms with van der Waals surface area (Å²) in [5.41, 5.74) is 3.60. The Kier molecular flexibility index (Phi) is 5.61. The van der Waals surface area contributed by atoms with E-state index in [0.717, 1.165) is 37.3 Å². The molecule has 0 atom stereocenters. The first-order chi connectivity index (χ1) is 11.8. The number of benzene rings is 2. The van der Waals surface area contributed by atoms with E-state index in [2.05, 4.69) is 22.4 Å². The van der Waals surface area contributed by atoms with Crippen LogP contribution in [0.1, 0.15) is 29.5 Å². The Morgan fingerprint density at radius 3 is 2.75 bits per heavy atom. The van der Waals surface area contributed by atoms with E-state index in [0.29, 0.717) is 13.0 Å². The second-order valence-corrected chi connectivity index (χ2v) is 5.81. The molecular weight excluding hydrogens is 300 g/mol. The van der Waals surface area contributed by atoms with E-state index >= 15 is 0 Å². The number of nitrogens with one attached hydrogen (secondary N) is 1. The zero-order chi connectivity index (χ0) is 16.6. The predicted octanol–water partition coefficient (Wildman–Crippen LogP) is 3.10. The number of amidine groups is 1. The fourth-order valence-corrected chi connectivity index (χ4v) is 2.72. The van der Waals surface area contributed by atoms with Gasteiger partial charge in [-0.15, -0.1) is 0 Å². The molecule has 1 N–H and O–H groups in total. The second-order valence-electron chi connectivity index (χ2n) is 5.81. The monoisotopic (exact) mass is 322 g/mol. The van der Waals surface area contributed by atoms with Gasteiger partial charge >= 0.3 is 5.97 Å². The van der Waals surface area contributed by atoms with Gasteiger partial charge < -0.3 is 10.1 Å². The summed E-state index contributed by atoms with van der Waals surface area (Å²) in [6.07, 6.45) is 1.93. The molecule has 0 aromatic heterocycles. The van der Waals surface area contributed by atoms with Crippen LogP contribution in [0.5, 0.6) is 0 Å². The van der Waals surface area contributed by atoms with Crippen LogP contribution in [0.3, 0.4) is 0 Å². The van der Waals surface area contributed by atoms with Gasteiger partial charge in [-0.2, -0.15) is 0 Å². The molecule has 3 rings (SSSR count). The molecule has 0 saturated heterocycles. The van der Waals surface area contributed by atoms with Crippen molar-refractivity contribution in [3.8, 4) is 0 Å². The SMILES string of the molecule is O=C(CCc1ccccc1)OCCCNC1=NCc2ccccc21. The largest absolute Gasteiger partial charge is 0.466 e. The maximum Gasteiger partial charge on any atom is 0.306 e.